The molecule has 50 heavy (non-hydrogen) atoms. The fourth-order valence-corrected chi connectivity index (χ4v) is 7.02. The number of carbonyl (C=O) groups is 5. The molecule has 0 aliphatic carbocycles. The summed E-state index contributed by atoms with van der Waals surface area (Å²) < 4.78 is 5.70. The van der Waals surface area contributed by atoms with Crippen LogP contribution in [0, 0.1) is 17.8 Å². The molecule has 1 fully saturated rings. The molecule has 13 heteroatoms. The van der Waals surface area contributed by atoms with Crippen molar-refractivity contribution >= 4 is 41.0 Å². The minimum Gasteiger partial charge on any atom is -0.481 e. The lowest BCUT2D eigenvalue weighted by molar-refractivity contribution is -0.147. The predicted octanol–water partition coefficient (Wildman–Crippen LogP) is 4.75. The number of thiazole rings is 1. The van der Waals surface area contributed by atoms with Crippen LogP contribution in [0.1, 0.15) is 107 Å². The van der Waals surface area contributed by atoms with Gasteiger partial charge in [-0.2, -0.15) is 0 Å². The second-order valence-electron chi connectivity index (χ2n) is 14.0. The molecule has 12 nitrogen and oxygen atoms in total. The smallest absolute Gasteiger partial charge is 0.306 e. The molecule has 0 unspecified atom stereocenters. The molecule has 2 heterocycles. The largest absolute Gasteiger partial charge is 0.481 e. The first-order valence-electron chi connectivity index (χ1n) is 17.7. The first-order valence-corrected chi connectivity index (χ1v) is 18.6. The van der Waals surface area contributed by atoms with Crippen LogP contribution in [0.3, 0.4) is 0 Å². The van der Waals surface area contributed by atoms with Gasteiger partial charge in [-0.15, -0.1) is 11.3 Å². The summed E-state index contributed by atoms with van der Waals surface area (Å²) in [6, 6.07) is 7.61. The van der Waals surface area contributed by atoms with Crippen LogP contribution in [0.4, 0.5) is 0 Å². The van der Waals surface area contributed by atoms with Gasteiger partial charge in [-0.05, 0) is 56.7 Å². The van der Waals surface area contributed by atoms with Crippen LogP contribution in [0.2, 0.25) is 0 Å². The van der Waals surface area contributed by atoms with Crippen LogP contribution < -0.4 is 16.0 Å². The number of carbonyl (C=O) groups excluding carboxylic acids is 4. The van der Waals surface area contributed by atoms with Crippen LogP contribution in [0.5, 0.6) is 0 Å². The van der Waals surface area contributed by atoms with Crippen LogP contribution in [-0.4, -0.2) is 82.4 Å². The van der Waals surface area contributed by atoms with E-state index in [-0.39, 0.29) is 48.2 Å². The highest BCUT2D eigenvalue weighted by Gasteiger charge is 2.34. The molecular weight excluding hydrogens is 659 g/mol. The van der Waals surface area contributed by atoms with E-state index in [1.807, 2.05) is 70.0 Å². The lowest BCUT2D eigenvalue weighted by Crippen LogP contribution is -2.57. The number of benzene rings is 1. The van der Waals surface area contributed by atoms with Gasteiger partial charge in [-0.1, -0.05) is 77.8 Å². The van der Waals surface area contributed by atoms with Crippen molar-refractivity contribution in [1.82, 2.24) is 25.8 Å². The molecule has 0 spiro atoms. The quantitative estimate of drug-likeness (QED) is 0.160. The Labute approximate surface area is 300 Å². The Morgan fingerprint density at radius 3 is 2.32 bits per heavy atom. The van der Waals surface area contributed by atoms with Crippen LogP contribution in [0.15, 0.2) is 35.7 Å². The Bertz CT molecular complexity index is 1430. The SMILES string of the molecule is CC[C@H](C)[C@H](NC(=O)[C@H]1CCCCN1C)C(=O)N[C@H](C[C@@H](OC(C)=O)c1nc(C(=O)N[C@H](Cc2ccccc2)C[C@H](C)C(=O)O)cs1)C(C)C. The van der Waals surface area contributed by atoms with E-state index in [0.29, 0.717) is 17.8 Å². The summed E-state index contributed by atoms with van der Waals surface area (Å²) in [5.74, 6) is -3.24. The molecule has 3 amide bonds. The third kappa shape index (κ3) is 12.2. The number of nitrogens with zero attached hydrogens (tertiary/aromatic N) is 2. The van der Waals surface area contributed by atoms with Crippen LogP contribution >= 0.6 is 11.3 Å². The molecular formula is C37H55N5O7S. The van der Waals surface area contributed by atoms with Gasteiger partial charge in [0.25, 0.3) is 5.91 Å². The van der Waals surface area contributed by atoms with Gasteiger partial charge in [0.2, 0.25) is 11.8 Å². The van der Waals surface area contributed by atoms with E-state index < -0.39 is 48.0 Å². The number of hydrogen-bond acceptors (Lipinski definition) is 9. The van der Waals surface area contributed by atoms with E-state index in [2.05, 4.69) is 20.9 Å². The van der Waals surface area contributed by atoms with Crippen LogP contribution in [-0.2, 0) is 30.3 Å². The maximum atomic E-state index is 13.8. The number of aromatic nitrogens is 1. The van der Waals surface area contributed by atoms with E-state index >= 15 is 0 Å². The molecule has 1 aliphatic rings. The van der Waals surface area contributed by atoms with Gasteiger partial charge in [0.05, 0.1) is 12.0 Å². The van der Waals surface area contributed by atoms with Crippen molar-refractivity contribution in [1.29, 1.82) is 0 Å². The number of hydrogen-bond donors (Lipinski definition) is 4. The van der Waals surface area contributed by atoms with Crippen molar-refractivity contribution in [3.05, 3.63) is 52.0 Å². The minimum absolute atomic E-state index is 0.0625. The van der Waals surface area contributed by atoms with Crippen molar-refractivity contribution in [2.24, 2.45) is 17.8 Å². The van der Waals surface area contributed by atoms with Crippen molar-refractivity contribution in [2.45, 2.75) is 117 Å². The number of esters is 1. The lowest BCUT2D eigenvalue weighted by atomic mass is 9.94. The van der Waals surface area contributed by atoms with E-state index in [0.717, 1.165) is 31.4 Å². The Kier molecular flexibility index (Phi) is 15.8. The molecule has 3 rings (SSSR count). The van der Waals surface area contributed by atoms with Crippen molar-refractivity contribution < 1.29 is 33.8 Å². The molecule has 7 atom stereocenters. The average Bonchev–Trinajstić information content (AvgIpc) is 3.57. The van der Waals surface area contributed by atoms with Gasteiger partial charge in [-0.3, -0.25) is 28.9 Å². The highest BCUT2D eigenvalue weighted by atomic mass is 32.1. The topological polar surface area (TPSA) is 167 Å². The summed E-state index contributed by atoms with van der Waals surface area (Å²) in [7, 11) is 1.93. The van der Waals surface area contributed by atoms with Gasteiger partial charge in [0.1, 0.15) is 16.7 Å². The van der Waals surface area contributed by atoms with Crippen molar-refractivity contribution in [3.8, 4) is 0 Å². The zero-order valence-corrected chi connectivity index (χ0v) is 31.3. The molecule has 0 radical (unpaired) electrons. The highest BCUT2D eigenvalue weighted by Crippen LogP contribution is 2.29. The van der Waals surface area contributed by atoms with Gasteiger partial charge >= 0.3 is 11.9 Å². The maximum Gasteiger partial charge on any atom is 0.306 e. The number of likely N-dealkylation sites (tertiary alicyclic amines) is 1. The highest BCUT2D eigenvalue weighted by molar-refractivity contribution is 7.09. The monoisotopic (exact) mass is 713 g/mol. The first-order chi connectivity index (χ1) is 23.7. The molecule has 4 N–H and O–H groups in total. The van der Waals surface area contributed by atoms with Crippen molar-refractivity contribution in [2.75, 3.05) is 13.6 Å². The molecule has 1 aromatic carbocycles. The van der Waals surface area contributed by atoms with Crippen LogP contribution in [0.25, 0.3) is 0 Å². The number of ether oxygens (including phenoxy) is 1. The summed E-state index contributed by atoms with van der Waals surface area (Å²) in [5, 5.41) is 20.6. The van der Waals surface area contributed by atoms with Gasteiger partial charge in [-0.25, -0.2) is 4.98 Å². The van der Waals surface area contributed by atoms with Gasteiger partial charge in [0, 0.05) is 30.8 Å². The first kappa shape index (κ1) is 40.6. The Morgan fingerprint density at radius 2 is 1.72 bits per heavy atom. The number of nitrogens with one attached hydrogen (secondary N) is 3. The fraction of sp³-hybridized carbons (Fsp3) is 0.622. The third-order valence-corrected chi connectivity index (χ3v) is 10.5. The molecule has 1 aromatic heterocycles. The molecule has 0 bridgehead atoms. The summed E-state index contributed by atoms with van der Waals surface area (Å²) in [6.45, 7) is 11.6. The maximum absolute atomic E-state index is 13.8. The Morgan fingerprint density at radius 1 is 1.02 bits per heavy atom. The second-order valence-corrected chi connectivity index (χ2v) is 14.9. The number of likely N-dealkylation sites (N-methyl/N-ethyl adjacent to an activating group) is 1. The van der Waals surface area contributed by atoms with E-state index in [9.17, 15) is 29.1 Å². The van der Waals surface area contributed by atoms with Crippen molar-refractivity contribution in [3.63, 3.8) is 0 Å². The normalized spacial score (nSPS) is 18.6. The minimum atomic E-state index is -0.945. The fourth-order valence-electron chi connectivity index (χ4n) is 6.18. The standard InChI is InChI=1S/C37H55N5O7S/c1-8-23(4)32(41-34(45)30-16-12-13-17-42(30)7)35(46)39-28(22(2)3)20-31(49-25(6)43)36-40-29(21-50-36)33(44)38-27(18-24(5)37(47)48)19-26-14-10-9-11-15-26/h9-11,14-15,21-24,27-28,30-32H,8,12-13,16-20H2,1-7H3,(H,38,44)(H,39,46)(H,41,45)(H,47,48)/t23-,24-,27-,28+,30+,31+,32-/m0/s1. The lowest BCUT2D eigenvalue weighted by Gasteiger charge is -2.34. The number of rotatable bonds is 18. The average molecular weight is 714 g/mol. The third-order valence-electron chi connectivity index (χ3n) is 9.52. The summed E-state index contributed by atoms with van der Waals surface area (Å²) >= 11 is 1.17. The molecule has 1 aliphatic heterocycles. The summed E-state index contributed by atoms with van der Waals surface area (Å²) in [4.78, 5) is 70.9. The summed E-state index contributed by atoms with van der Waals surface area (Å²) in [6.07, 6.45) is 3.49. The van der Waals surface area contributed by atoms with Gasteiger partial charge < -0.3 is 25.8 Å². The number of piperidine rings is 1. The number of carboxylic acids is 1. The zero-order chi connectivity index (χ0) is 37.0. The second kappa shape index (κ2) is 19.5. The number of carboxylic acid groups (broad SMARTS) is 1. The van der Waals surface area contributed by atoms with E-state index in [1.165, 1.54) is 18.3 Å². The Hall–Kier alpha value is -3.84. The van der Waals surface area contributed by atoms with E-state index in [4.69, 9.17) is 4.74 Å². The Balaban J connectivity index is 1.76. The molecule has 276 valence electrons. The number of amides is 3. The molecule has 2 aromatic rings. The molecule has 1 saturated heterocycles. The van der Waals surface area contributed by atoms with E-state index in [1.54, 1.807) is 12.3 Å². The number of aliphatic carboxylic acids is 1. The summed E-state index contributed by atoms with van der Waals surface area (Å²) in [5.41, 5.74) is 1.09. The van der Waals surface area contributed by atoms with Gasteiger partial charge in [0.15, 0.2) is 6.10 Å². The zero-order valence-electron chi connectivity index (χ0n) is 30.4. The predicted molar refractivity (Wildman–Crippen MR) is 192 cm³/mol. The molecule has 0 saturated carbocycles.